The number of rotatable bonds is 4. The van der Waals surface area contributed by atoms with Crippen LogP contribution in [0.2, 0.25) is 0 Å². The van der Waals surface area contributed by atoms with E-state index in [2.05, 4.69) is 20.7 Å². The van der Waals surface area contributed by atoms with E-state index in [9.17, 15) is 4.79 Å². The molecular formula is C13H17N5OS. The van der Waals surface area contributed by atoms with Crippen LogP contribution >= 0.6 is 11.3 Å². The number of hydrogen-bond donors (Lipinski definition) is 3. The average Bonchev–Trinajstić information content (AvgIpc) is 2.83. The van der Waals surface area contributed by atoms with Gasteiger partial charge in [-0.05, 0) is 25.0 Å². The van der Waals surface area contributed by atoms with E-state index in [1.165, 1.54) is 11.3 Å². The fourth-order valence-electron chi connectivity index (χ4n) is 1.63. The van der Waals surface area contributed by atoms with Gasteiger partial charge in [0.2, 0.25) is 0 Å². The minimum atomic E-state index is -0.222. The van der Waals surface area contributed by atoms with Gasteiger partial charge in [-0.15, -0.1) is 11.3 Å². The molecule has 0 radical (unpaired) electrons. The van der Waals surface area contributed by atoms with Gasteiger partial charge in [-0.25, -0.2) is 15.8 Å². The number of nitrogens with two attached hydrogens (primary N) is 1. The highest BCUT2D eigenvalue weighted by Crippen LogP contribution is 2.19. The monoisotopic (exact) mass is 291 g/mol. The molecule has 1 amide bonds. The van der Waals surface area contributed by atoms with Gasteiger partial charge in [-0.2, -0.15) is 0 Å². The fraction of sp³-hybridized carbons (Fsp3) is 0.308. The number of pyridine rings is 1. The smallest absolute Gasteiger partial charge is 0.257 e. The maximum atomic E-state index is 12.2. The van der Waals surface area contributed by atoms with E-state index < -0.39 is 0 Å². The molecule has 0 spiro atoms. The van der Waals surface area contributed by atoms with Crippen LogP contribution in [0.3, 0.4) is 0 Å². The number of aryl methyl sites for hydroxylation is 1. The zero-order valence-corrected chi connectivity index (χ0v) is 12.4. The van der Waals surface area contributed by atoms with Crippen LogP contribution in [-0.4, -0.2) is 15.9 Å². The van der Waals surface area contributed by atoms with Crippen LogP contribution in [0.15, 0.2) is 17.5 Å². The Morgan fingerprint density at radius 3 is 2.65 bits per heavy atom. The molecular weight excluding hydrogens is 274 g/mol. The Balaban J connectivity index is 2.26. The van der Waals surface area contributed by atoms with Crippen LogP contribution < -0.4 is 16.6 Å². The standard InChI is InChI=1S/C13H17N5OS/c1-7(2)10-4-9(5-11(16-10)18-14)12(19)17-13-15-8(3)6-20-13/h4-7H,14H2,1-3H3,(H,16,18)(H,15,17,19). The van der Waals surface area contributed by atoms with Gasteiger partial charge >= 0.3 is 0 Å². The summed E-state index contributed by atoms with van der Waals surface area (Å²) in [6, 6.07) is 3.38. The van der Waals surface area contributed by atoms with Gasteiger partial charge in [0.25, 0.3) is 5.91 Å². The van der Waals surface area contributed by atoms with Crippen LogP contribution in [0.4, 0.5) is 10.9 Å². The van der Waals surface area contributed by atoms with E-state index in [1.54, 1.807) is 12.1 Å². The Morgan fingerprint density at radius 1 is 1.35 bits per heavy atom. The predicted octanol–water partition coefficient (Wildman–Crippen LogP) is 2.51. The van der Waals surface area contributed by atoms with Gasteiger partial charge in [-0.1, -0.05) is 13.8 Å². The van der Waals surface area contributed by atoms with Crippen molar-refractivity contribution < 1.29 is 4.79 Å². The minimum absolute atomic E-state index is 0.206. The Bertz CT molecular complexity index is 623. The lowest BCUT2D eigenvalue weighted by molar-refractivity contribution is 0.102. The molecule has 2 aromatic heterocycles. The molecule has 0 aliphatic heterocycles. The highest BCUT2D eigenvalue weighted by atomic mass is 32.1. The average molecular weight is 291 g/mol. The van der Waals surface area contributed by atoms with Crippen molar-refractivity contribution in [1.82, 2.24) is 9.97 Å². The Labute approximate surface area is 121 Å². The molecule has 0 saturated heterocycles. The van der Waals surface area contributed by atoms with E-state index in [4.69, 9.17) is 5.84 Å². The summed E-state index contributed by atoms with van der Waals surface area (Å²) in [5.74, 6) is 5.84. The molecule has 4 N–H and O–H groups in total. The third-order valence-corrected chi connectivity index (χ3v) is 3.56. The number of hydrogen-bond acceptors (Lipinski definition) is 6. The Morgan fingerprint density at radius 2 is 2.10 bits per heavy atom. The van der Waals surface area contributed by atoms with Crippen molar-refractivity contribution in [1.29, 1.82) is 0 Å². The lowest BCUT2D eigenvalue weighted by Gasteiger charge is -2.10. The van der Waals surface area contributed by atoms with E-state index in [-0.39, 0.29) is 11.8 Å². The molecule has 0 aliphatic rings. The van der Waals surface area contributed by atoms with Crippen LogP contribution in [0.25, 0.3) is 0 Å². The molecule has 2 heterocycles. The summed E-state index contributed by atoms with van der Waals surface area (Å²) < 4.78 is 0. The number of nitrogens with one attached hydrogen (secondary N) is 2. The van der Waals surface area contributed by atoms with Crippen LogP contribution in [-0.2, 0) is 0 Å². The first kappa shape index (κ1) is 14.4. The molecule has 0 saturated carbocycles. The summed E-state index contributed by atoms with van der Waals surface area (Å²) in [6.45, 7) is 5.90. The predicted molar refractivity (Wildman–Crippen MR) is 80.9 cm³/mol. The number of nitrogen functional groups attached to an aromatic ring is 1. The summed E-state index contributed by atoms with van der Waals surface area (Å²) >= 11 is 1.39. The molecule has 7 heteroatoms. The van der Waals surface area contributed by atoms with Crippen molar-refractivity contribution >= 4 is 28.2 Å². The third kappa shape index (κ3) is 3.31. The van der Waals surface area contributed by atoms with Gasteiger partial charge < -0.3 is 5.43 Å². The number of hydrazine groups is 1. The van der Waals surface area contributed by atoms with Gasteiger partial charge in [0, 0.05) is 16.6 Å². The second-order valence-corrected chi connectivity index (χ2v) is 5.57. The van der Waals surface area contributed by atoms with Crippen molar-refractivity contribution in [3.05, 3.63) is 34.5 Å². The normalized spacial score (nSPS) is 10.7. The first-order valence-electron chi connectivity index (χ1n) is 6.21. The van der Waals surface area contributed by atoms with Crippen molar-refractivity contribution in [2.24, 2.45) is 5.84 Å². The molecule has 0 aliphatic carbocycles. The van der Waals surface area contributed by atoms with Gasteiger partial charge in [0.15, 0.2) is 5.13 Å². The van der Waals surface area contributed by atoms with E-state index >= 15 is 0 Å². The number of anilines is 2. The highest BCUT2D eigenvalue weighted by Gasteiger charge is 2.13. The third-order valence-electron chi connectivity index (χ3n) is 2.69. The largest absolute Gasteiger partial charge is 0.308 e. The van der Waals surface area contributed by atoms with Gasteiger partial charge in [0.05, 0.1) is 5.69 Å². The number of thiazole rings is 1. The minimum Gasteiger partial charge on any atom is -0.308 e. The number of amides is 1. The lowest BCUT2D eigenvalue weighted by Crippen LogP contribution is -2.16. The topological polar surface area (TPSA) is 92.9 Å². The van der Waals surface area contributed by atoms with Crippen molar-refractivity contribution in [2.45, 2.75) is 26.7 Å². The maximum Gasteiger partial charge on any atom is 0.257 e. The number of carbonyl (C=O) groups excluding carboxylic acids is 1. The summed E-state index contributed by atoms with van der Waals surface area (Å²) in [7, 11) is 0. The number of carbonyl (C=O) groups is 1. The molecule has 0 unspecified atom stereocenters. The Kier molecular flexibility index (Phi) is 4.31. The molecule has 0 atom stereocenters. The Hall–Kier alpha value is -1.99. The van der Waals surface area contributed by atoms with Crippen LogP contribution in [0, 0.1) is 6.92 Å². The van der Waals surface area contributed by atoms with E-state index in [0.717, 1.165) is 11.4 Å². The molecule has 0 fully saturated rings. The molecule has 2 rings (SSSR count). The number of aromatic nitrogens is 2. The molecule has 20 heavy (non-hydrogen) atoms. The molecule has 0 bridgehead atoms. The van der Waals surface area contributed by atoms with Gasteiger partial charge in [0.1, 0.15) is 5.82 Å². The lowest BCUT2D eigenvalue weighted by atomic mass is 10.1. The van der Waals surface area contributed by atoms with E-state index in [0.29, 0.717) is 16.5 Å². The van der Waals surface area contributed by atoms with Crippen molar-refractivity contribution in [3.63, 3.8) is 0 Å². The molecule has 2 aromatic rings. The first-order valence-corrected chi connectivity index (χ1v) is 7.09. The zero-order chi connectivity index (χ0) is 14.7. The summed E-state index contributed by atoms with van der Waals surface area (Å²) in [6.07, 6.45) is 0. The first-order chi connectivity index (χ1) is 9.49. The SMILES string of the molecule is Cc1csc(NC(=O)c2cc(NN)nc(C(C)C)c2)n1. The second-order valence-electron chi connectivity index (χ2n) is 4.71. The molecule has 106 valence electrons. The fourth-order valence-corrected chi connectivity index (χ4v) is 2.32. The summed E-state index contributed by atoms with van der Waals surface area (Å²) in [4.78, 5) is 20.7. The number of nitrogens with zero attached hydrogens (tertiary/aromatic N) is 2. The molecule has 6 nitrogen and oxygen atoms in total. The van der Waals surface area contributed by atoms with Gasteiger partial charge in [-0.3, -0.25) is 10.1 Å². The van der Waals surface area contributed by atoms with Crippen molar-refractivity contribution in [3.8, 4) is 0 Å². The molecule has 0 aromatic carbocycles. The maximum absolute atomic E-state index is 12.2. The summed E-state index contributed by atoms with van der Waals surface area (Å²) in [5.41, 5.74) is 4.67. The summed E-state index contributed by atoms with van der Waals surface area (Å²) in [5, 5.41) is 5.23. The van der Waals surface area contributed by atoms with E-state index in [1.807, 2.05) is 26.2 Å². The second kappa shape index (κ2) is 5.98. The quantitative estimate of drug-likeness (QED) is 0.594. The highest BCUT2D eigenvalue weighted by molar-refractivity contribution is 7.13. The zero-order valence-electron chi connectivity index (χ0n) is 11.6. The van der Waals surface area contributed by atoms with Crippen LogP contribution in [0.5, 0.6) is 0 Å². The van der Waals surface area contributed by atoms with Crippen molar-refractivity contribution in [2.75, 3.05) is 10.7 Å². The van der Waals surface area contributed by atoms with Crippen LogP contribution in [0.1, 0.15) is 41.5 Å².